The Morgan fingerprint density at radius 1 is 1.17 bits per heavy atom. The molecule has 0 unspecified atom stereocenters. The third-order valence-electron chi connectivity index (χ3n) is 4.60. The number of anilines is 2. The lowest BCUT2D eigenvalue weighted by Gasteiger charge is -2.30. The molecule has 1 aliphatic heterocycles. The minimum Gasteiger partial charge on any atom is -0.482 e. The summed E-state index contributed by atoms with van der Waals surface area (Å²) in [7, 11) is 0. The monoisotopic (exact) mass is 488 g/mol. The van der Waals surface area contributed by atoms with E-state index in [1.165, 1.54) is 18.2 Å². The predicted molar refractivity (Wildman–Crippen MR) is 117 cm³/mol. The lowest BCUT2D eigenvalue weighted by molar-refractivity contribution is -0.121. The van der Waals surface area contributed by atoms with Crippen LogP contribution in [0.4, 0.5) is 15.8 Å². The molecular formula is C22H15BrClFN2O3. The molecule has 3 aromatic rings. The van der Waals surface area contributed by atoms with Crippen molar-refractivity contribution in [2.24, 2.45) is 0 Å². The molecule has 0 bridgehead atoms. The molecule has 1 aliphatic rings. The van der Waals surface area contributed by atoms with E-state index in [-0.39, 0.29) is 23.1 Å². The summed E-state index contributed by atoms with van der Waals surface area (Å²) < 4.78 is 20.5. The van der Waals surface area contributed by atoms with Crippen LogP contribution in [0.2, 0.25) is 5.02 Å². The largest absolute Gasteiger partial charge is 0.482 e. The molecule has 0 aromatic heterocycles. The van der Waals surface area contributed by atoms with E-state index in [1.54, 1.807) is 23.1 Å². The third-order valence-corrected chi connectivity index (χ3v) is 5.45. The zero-order chi connectivity index (χ0) is 21.3. The van der Waals surface area contributed by atoms with Gasteiger partial charge < -0.3 is 15.0 Å². The zero-order valence-corrected chi connectivity index (χ0v) is 17.8. The highest BCUT2D eigenvalue weighted by Gasteiger charge is 2.26. The Kier molecular flexibility index (Phi) is 5.74. The van der Waals surface area contributed by atoms with Crippen molar-refractivity contribution in [2.75, 3.05) is 16.8 Å². The van der Waals surface area contributed by atoms with Crippen LogP contribution < -0.4 is 15.0 Å². The van der Waals surface area contributed by atoms with E-state index in [1.807, 2.05) is 24.3 Å². The fourth-order valence-electron chi connectivity index (χ4n) is 3.13. The van der Waals surface area contributed by atoms with Crippen molar-refractivity contribution in [3.63, 3.8) is 0 Å². The lowest BCUT2D eigenvalue weighted by Crippen LogP contribution is -2.38. The number of amides is 2. The molecule has 3 aromatic carbocycles. The Labute approximate surface area is 185 Å². The molecule has 0 atom stereocenters. The zero-order valence-electron chi connectivity index (χ0n) is 15.5. The van der Waals surface area contributed by atoms with Gasteiger partial charge in [-0.15, -0.1) is 0 Å². The van der Waals surface area contributed by atoms with Crippen LogP contribution in [0.15, 0.2) is 65.1 Å². The minimum absolute atomic E-state index is 0.0147. The van der Waals surface area contributed by atoms with Gasteiger partial charge in [-0.25, -0.2) is 4.39 Å². The van der Waals surface area contributed by atoms with Gasteiger partial charge in [0.2, 0.25) is 0 Å². The summed E-state index contributed by atoms with van der Waals surface area (Å²) in [6.07, 6.45) is 0. The van der Waals surface area contributed by atoms with Gasteiger partial charge in [0, 0.05) is 10.2 Å². The maximum Gasteiger partial charge on any atom is 0.265 e. The summed E-state index contributed by atoms with van der Waals surface area (Å²) in [4.78, 5) is 26.6. The van der Waals surface area contributed by atoms with Gasteiger partial charge in [-0.1, -0.05) is 45.7 Å². The number of nitrogens with one attached hydrogen (secondary N) is 1. The van der Waals surface area contributed by atoms with Crippen LogP contribution in [0.3, 0.4) is 0 Å². The van der Waals surface area contributed by atoms with E-state index in [9.17, 15) is 14.0 Å². The van der Waals surface area contributed by atoms with Crippen LogP contribution in [0.1, 0.15) is 15.9 Å². The van der Waals surface area contributed by atoms with Crippen LogP contribution in [0, 0.1) is 5.82 Å². The second-order valence-electron chi connectivity index (χ2n) is 6.63. The van der Waals surface area contributed by atoms with E-state index in [0.717, 1.165) is 10.0 Å². The van der Waals surface area contributed by atoms with Gasteiger partial charge >= 0.3 is 0 Å². The Hall–Kier alpha value is -2.90. The van der Waals surface area contributed by atoms with Crippen LogP contribution in [0.25, 0.3) is 0 Å². The number of benzene rings is 3. The molecule has 8 heteroatoms. The molecule has 1 N–H and O–H groups in total. The molecule has 2 amide bonds. The number of nitrogens with zero attached hydrogens (tertiary/aromatic N) is 1. The summed E-state index contributed by atoms with van der Waals surface area (Å²) in [5.41, 5.74) is 1.60. The van der Waals surface area contributed by atoms with Crippen LogP contribution in [-0.4, -0.2) is 18.4 Å². The van der Waals surface area contributed by atoms with Gasteiger partial charge in [0.05, 0.1) is 22.8 Å². The molecular weight excluding hydrogens is 475 g/mol. The molecule has 0 saturated carbocycles. The Balaban J connectivity index is 1.62. The maximum absolute atomic E-state index is 14.0. The molecule has 4 rings (SSSR count). The number of carbonyl (C=O) groups excluding carboxylic acids is 2. The predicted octanol–water partition coefficient (Wildman–Crippen LogP) is 5.42. The lowest BCUT2D eigenvalue weighted by atomic mass is 10.1. The van der Waals surface area contributed by atoms with E-state index < -0.39 is 11.7 Å². The van der Waals surface area contributed by atoms with E-state index in [4.69, 9.17) is 16.3 Å². The quantitative estimate of drug-likeness (QED) is 0.532. The van der Waals surface area contributed by atoms with Crippen molar-refractivity contribution in [1.82, 2.24) is 0 Å². The van der Waals surface area contributed by atoms with Crippen molar-refractivity contribution >= 4 is 50.7 Å². The van der Waals surface area contributed by atoms with Gasteiger partial charge in [-0.05, 0) is 48.0 Å². The average Bonchev–Trinajstić information content (AvgIpc) is 2.71. The number of rotatable bonds is 4. The van der Waals surface area contributed by atoms with Crippen molar-refractivity contribution < 1.29 is 18.7 Å². The topological polar surface area (TPSA) is 58.6 Å². The Bertz CT molecular complexity index is 1120. The number of fused-ring (bicyclic) bond motifs is 1. The van der Waals surface area contributed by atoms with Crippen molar-refractivity contribution in [3.8, 4) is 5.75 Å². The maximum atomic E-state index is 14.0. The number of halogens is 3. The van der Waals surface area contributed by atoms with E-state index in [2.05, 4.69) is 21.2 Å². The highest BCUT2D eigenvalue weighted by Crippen LogP contribution is 2.36. The van der Waals surface area contributed by atoms with Crippen molar-refractivity contribution in [3.05, 3.63) is 87.1 Å². The Morgan fingerprint density at radius 3 is 2.67 bits per heavy atom. The molecule has 0 radical (unpaired) electrons. The van der Waals surface area contributed by atoms with Crippen LogP contribution in [0.5, 0.6) is 5.75 Å². The highest BCUT2D eigenvalue weighted by atomic mass is 79.9. The fraction of sp³-hybridized carbons (Fsp3) is 0.0909. The number of carbonyl (C=O) groups is 2. The second-order valence-corrected chi connectivity index (χ2v) is 7.95. The first kappa shape index (κ1) is 20.4. The van der Waals surface area contributed by atoms with Crippen molar-refractivity contribution in [1.29, 1.82) is 0 Å². The van der Waals surface area contributed by atoms with Crippen LogP contribution >= 0.6 is 27.5 Å². The third kappa shape index (κ3) is 4.17. The first-order chi connectivity index (χ1) is 14.4. The molecule has 152 valence electrons. The molecule has 0 saturated heterocycles. The van der Waals surface area contributed by atoms with E-state index >= 15 is 0 Å². The number of hydrogen-bond acceptors (Lipinski definition) is 3. The molecule has 0 fully saturated rings. The molecule has 5 nitrogen and oxygen atoms in total. The van der Waals surface area contributed by atoms with Gasteiger partial charge in [0.1, 0.15) is 11.6 Å². The van der Waals surface area contributed by atoms with Crippen molar-refractivity contribution in [2.45, 2.75) is 6.54 Å². The number of hydrogen-bond donors (Lipinski definition) is 1. The van der Waals surface area contributed by atoms with Gasteiger partial charge in [-0.3, -0.25) is 9.59 Å². The summed E-state index contributed by atoms with van der Waals surface area (Å²) in [5.74, 6) is -1.08. The summed E-state index contributed by atoms with van der Waals surface area (Å²) >= 11 is 9.37. The van der Waals surface area contributed by atoms with Crippen LogP contribution in [-0.2, 0) is 11.3 Å². The van der Waals surface area contributed by atoms with Gasteiger partial charge in [-0.2, -0.15) is 0 Å². The highest BCUT2D eigenvalue weighted by molar-refractivity contribution is 9.10. The van der Waals surface area contributed by atoms with Gasteiger partial charge in [0.15, 0.2) is 6.61 Å². The molecule has 0 spiro atoms. The fourth-order valence-corrected chi connectivity index (χ4v) is 3.65. The smallest absolute Gasteiger partial charge is 0.265 e. The average molecular weight is 490 g/mol. The van der Waals surface area contributed by atoms with Gasteiger partial charge in [0.25, 0.3) is 11.8 Å². The second kappa shape index (κ2) is 8.45. The normalized spacial score (nSPS) is 12.9. The van der Waals surface area contributed by atoms with E-state index in [0.29, 0.717) is 23.7 Å². The SMILES string of the molecule is O=C(Nc1ccc2c(c1)N(Cc1ccc(Br)cc1)C(=O)CO2)c1c(F)cccc1Cl. The summed E-state index contributed by atoms with van der Waals surface area (Å²) in [6, 6.07) is 16.6. The molecule has 1 heterocycles. The molecule has 0 aliphatic carbocycles. The summed E-state index contributed by atoms with van der Waals surface area (Å²) in [5, 5.41) is 2.65. The molecule has 30 heavy (non-hydrogen) atoms. The minimum atomic E-state index is -0.715. The standard InChI is InChI=1S/C22H15BrClFN2O3/c23-14-6-4-13(5-7-14)11-27-18-10-15(8-9-19(18)30-12-20(27)28)26-22(29)21-16(24)2-1-3-17(21)25/h1-10H,11-12H2,(H,26,29). The first-order valence-electron chi connectivity index (χ1n) is 8.99. The summed E-state index contributed by atoms with van der Waals surface area (Å²) in [6.45, 7) is 0.277. The number of ether oxygens (including phenoxy) is 1. The first-order valence-corrected chi connectivity index (χ1v) is 10.2. The Morgan fingerprint density at radius 2 is 1.93 bits per heavy atom.